The number of carbonyl (C=O) groups is 15. The van der Waals surface area contributed by atoms with Gasteiger partial charge in [0.1, 0.15) is 51.7 Å². The second kappa shape index (κ2) is 40.8. The fraction of sp³-hybridized carbons (Fsp3) is 0.299. The molecule has 1 aliphatic carbocycles. The molecule has 5 saturated heterocycles. The Morgan fingerprint density at radius 2 is 0.521 bits per heavy atom. The third-order valence-electron chi connectivity index (χ3n) is 27.1. The van der Waals surface area contributed by atoms with Gasteiger partial charge < -0.3 is 94.1 Å². The highest BCUT2D eigenvalue weighted by atomic mass is 16.5. The molecule has 39 nitrogen and oxygen atoms in total. The fourth-order valence-electron chi connectivity index (χ4n) is 19.7. The summed E-state index contributed by atoms with van der Waals surface area (Å²) in [6.07, 6.45) is 4.70. The van der Waals surface area contributed by atoms with Crippen molar-refractivity contribution in [2.24, 2.45) is 0 Å². The van der Waals surface area contributed by atoms with Crippen LogP contribution < -0.4 is 91.1 Å². The van der Waals surface area contributed by atoms with Crippen LogP contribution in [0.1, 0.15) is 166 Å². The molecule has 0 bridgehead atoms. The zero-order chi connectivity index (χ0) is 104. The van der Waals surface area contributed by atoms with Gasteiger partial charge in [0, 0.05) is 60.5 Å². The van der Waals surface area contributed by atoms with Crippen LogP contribution >= 0.6 is 0 Å². The van der Waals surface area contributed by atoms with Crippen LogP contribution in [0.5, 0.6) is 51.7 Å². The molecule has 10 aromatic rings. The summed E-state index contributed by atoms with van der Waals surface area (Å²) in [5, 5.41) is 34.6. The Morgan fingerprint density at radius 3 is 0.781 bits per heavy atom. The van der Waals surface area contributed by atoms with Crippen LogP contribution in [0.4, 0.5) is 24.0 Å². The molecule has 0 aromatic heterocycles. The summed E-state index contributed by atoms with van der Waals surface area (Å²) >= 11 is 0. The smallest absolute Gasteiger partial charge is 0.322 e. The number of urea groups is 5. The number of phenolic OH excluding ortho intramolecular Hbond substituents is 1. The number of rotatable bonds is 26. The third kappa shape index (κ3) is 19.9. The summed E-state index contributed by atoms with van der Waals surface area (Å²) in [4.78, 5) is 196. The number of hydrogen-bond donors (Lipinski definition) is 11. The van der Waals surface area contributed by atoms with Gasteiger partial charge in [-0.15, -0.1) is 0 Å². The standard InChI is InChI=1S/C24H25N3O5.2C22H23N3O5.C20H19N3O4.C19H17N3O5/c1-31-19-10-11-20-15(12-19)13-27(21(20)28)14-24(22(29)25-23(30)26-24)16-6-8-18(9-7-16)32-17-4-2-3-5-17;1-13(2)30-16-8-5-15(6-9-16)22(20(27)23-21(28)24-22)12-25-11-14-4-7-17(29-3)10-18(14)19(25)26;1-13(2)30-16-6-4-15(5-7-16)22(20(27)23-21(28)24-22)12-25-11-14-10-17(29-3)8-9-18(14)19(25)26;1-12-3-5-14(6-4-12)20(18(25)21-19(26)22-20)11-23-10-13-9-15(27-2)7-8-16(13)17(23)24;1-27-14-6-7-15-11(8-14)9-22(16(15)24)10-19(17(25)20-18(26)21-19)12-2-4-13(23)5-3-12/h6-12,17H,2-5,13-14H2,1H3,(H2,25,26,29,30);2*4-10,13H,11-12H2,1-3H3,(H2,23,24,27,28);3-9H,10-11H2,1-2H3,(H2,21,22,25,26);2-8,23H,9-10H2,1H3,(H2,20,21,25,26)/t24-;22-;;;19-/m00..0/s1. The van der Waals surface area contributed by atoms with Crippen LogP contribution in [-0.2, 0) is 84.4 Å². The lowest BCUT2D eigenvalue weighted by Crippen LogP contribution is -2.52. The number of benzene rings is 10. The zero-order valence-electron chi connectivity index (χ0n) is 81.4. The van der Waals surface area contributed by atoms with Crippen LogP contribution in [0, 0.1) is 6.92 Å². The first-order valence-corrected chi connectivity index (χ1v) is 47.2. The molecule has 10 aliphatic heterocycles. The largest absolute Gasteiger partial charge is 0.508 e. The number of methoxy groups -OCH3 is 5. The SMILES string of the molecule is COc1ccc2c(c1)C(=O)N(C[C@@]1(c3ccc(OC(C)C)cc3)NC(=O)NC1=O)C2.COc1ccc2c(c1)CN(CC1(c3ccc(C)cc3)NC(=O)NC1=O)C2=O.COc1ccc2c(c1)CN(CC1(c3ccc(OC(C)C)cc3)NC(=O)NC1=O)C2=O.COc1ccc2c(c1)CN(C[C@@]1(c3ccc(O)cc3)NC(=O)NC1=O)C2=O.COc1ccc2c(c1)CN(C[C@@]1(c3ccc(OC4CCCC4)cc3)NC(=O)NC1=O)C2=O. The summed E-state index contributed by atoms with van der Waals surface area (Å²) in [6.45, 7) is 11.3. The van der Waals surface area contributed by atoms with Crippen molar-refractivity contribution in [1.82, 2.24) is 77.7 Å². The summed E-state index contributed by atoms with van der Waals surface area (Å²) in [5.41, 5.74) is 3.96. The van der Waals surface area contributed by atoms with E-state index in [2.05, 4.69) is 53.2 Å². The van der Waals surface area contributed by atoms with Gasteiger partial charge in [0.05, 0.1) is 86.6 Å². The maximum Gasteiger partial charge on any atom is 0.322 e. The average Bonchev–Trinajstić information content (AvgIpc) is 1.61. The van der Waals surface area contributed by atoms with Gasteiger partial charge in [-0.3, -0.25) is 74.5 Å². The van der Waals surface area contributed by atoms with Gasteiger partial charge in [-0.2, -0.15) is 0 Å². The first-order valence-electron chi connectivity index (χ1n) is 47.2. The summed E-state index contributed by atoms with van der Waals surface area (Å²) in [5.74, 6) is 1.86. The molecule has 0 spiro atoms. The number of carbonyl (C=O) groups excluding carboxylic acids is 15. The number of aryl methyl sites for hydroxylation is 1. The molecule has 6 fully saturated rings. The van der Waals surface area contributed by atoms with Crippen molar-refractivity contribution in [2.75, 3.05) is 68.3 Å². The molecule has 754 valence electrons. The van der Waals surface area contributed by atoms with Crippen LogP contribution in [0.15, 0.2) is 212 Å². The van der Waals surface area contributed by atoms with E-state index in [4.69, 9.17) is 37.9 Å². The third-order valence-corrected chi connectivity index (χ3v) is 27.1. The minimum atomic E-state index is -1.42. The van der Waals surface area contributed by atoms with Gasteiger partial charge in [0.2, 0.25) is 0 Å². The molecule has 10 heterocycles. The van der Waals surface area contributed by atoms with E-state index in [0.29, 0.717) is 129 Å². The predicted octanol–water partition coefficient (Wildman–Crippen LogP) is 9.84. The number of phenols is 1. The number of imide groups is 5. The number of nitrogens with zero attached hydrogens (tertiary/aromatic N) is 5. The molecule has 11 aliphatic rings. The molecule has 10 aromatic carbocycles. The number of aromatic hydroxyl groups is 1. The average molecular weight is 1990 g/mol. The lowest BCUT2D eigenvalue weighted by atomic mass is 9.88. The van der Waals surface area contributed by atoms with E-state index in [-0.39, 0.29) is 86.3 Å². The highest BCUT2D eigenvalue weighted by Crippen LogP contribution is 2.42. The van der Waals surface area contributed by atoms with E-state index in [0.717, 1.165) is 52.0 Å². The van der Waals surface area contributed by atoms with Crippen molar-refractivity contribution in [3.63, 3.8) is 0 Å². The predicted molar refractivity (Wildman–Crippen MR) is 523 cm³/mol. The minimum Gasteiger partial charge on any atom is -0.508 e. The second-order valence-corrected chi connectivity index (χ2v) is 37.3. The first-order chi connectivity index (χ1) is 70.0. The molecule has 2 unspecified atom stereocenters. The number of nitrogens with one attached hydrogen (secondary N) is 10. The molecule has 39 heteroatoms. The number of ether oxygens (including phenoxy) is 8. The second-order valence-electron chi connectivity index (χ2n) is 37.3. The maximum absolute atomic E-state index is 13.0. The Balaban J connectivity index is 0.000000125. The van der Waals surface area contributed by atoms with Crippen molar-refractivity contribution < 1.29 is 115 Å². The molecular weight excluding hydrogens is 1880 g/mol. The lowest BCUT2D eigenvalue weighted by molar-refractivity contribution is -0.125. The van der Waals surface area contributed by atoms with Gasteiger partial charge in [0.25, 0.3) is 59.1 Å². The quantitative estimate of drug-likeness (QED) is 0.0224. The lowest BCUT2D eigenvalue weighted by Gasteiger charge is -2.31. The van der Waals surface area contributed by atoms with Crippen molar-refractivity contribution in [1.29, 1.82) is 0 Å². The van der Waals surface area contributed by atoms with Gasteiger partial charge >= 0.3 is 30.2 Å². The topological polar surface area (TPSA) is 487 Å². The minimum absolute atomic E-state index is 0.00475. The van der Waals surface area contributed by atoms with Gasteiger partial charge in [-0.1, -0.05) is 84.4 Å². The van der Waals surface area contributed by atoms with E-state index >= 15 is 0 Å². The van der Waals surface area contributed by atoms with Crippen LogP contribution in [-0.4, -0.2) is 205 Å². The van der Waals surface area contributed by atoms with E-state index in [1.165, 1.54) is 29.9 Å². The van der Waals surface area contributed by atoms with Crippen molar-refractivity contribution in [2.45, 2.75) is 139 Å². The summed E-state index contributed by atoms with van der Waals surface area (Å²) in [7, 11) is 7.80. The number of hydrogen-bond acceptors (Lipinski definition) is 24. The van der Waals surface area contributed by atoms with E-state index in [1.807, 2.05) is 83.1 Å². The fourth-order valence-corrected chi connectivity index (χ4v) is 19.7. The molecule has 11 N–H and O–H groups in total. The Labute approximate surface area is 837 Å². The summed E-state index contributed by atoms with van der Waals surface area (Å²) < 4.78 is 43.5. The normalized spacial score (nSPS) is 21.1. The Kier molecular flexibility index (Phi) is 28.0. The molecule has 20 amide bonds. The highest BCUT2D eigenvalue weighted by molar-refractivity contribution is 6.13. The number of fused-ring (bicyclic) bond motifs is 5. The summed E-state index contributed by atoms with van der Waals surface area (Å²) in [6, 6.07) is 57.9. The highest BCUT2D eigenvalue weighted by Gasteiger charge is 2.57. The van der Waals surface area contributed by atoms with Crippen LogP contribution in [0.3, 0.4) is 0 Å². The molecule has 5 atom stereocenters. The first kappa shape index (κ1) is 100.0. The number of amides is 20. The van der Waals surface area contributed by atoms with Gasteiger partial charge in [-0.25, -0.2) is 24.0 Å². The Morgan fingerprint density at radius 1 is 0.288 bits per heavy atom. The zero-order valence-corrected chi connectivity index (χ0v) is 81.4. The van der Waals surface area contributed by atoms with Crippen LogP contribution in [0.25, 0.3) is 0 Å². The van der Waals surface area contributed by atoms with Crippen molar-refractivity contribution in [3.05, 3.63) is 301 Å². The Hall–Kier alpha value is -17.6. The molecule has 0 radical (unpaired) electrons. The Bertz CT molecular complexity index is 6670. The monoisotopic (exact) mass is 1990 g/mol. The maximum atomic E-state index is 13.0. The molecule has 1 saturated carbocycles. The van der Waals surface area contributed by atoms with E-state index in [1.54, 1.807) is 207 Å². The van der Waals surface area contributed by atoms with Crippen molar-refractivity contribution in [3.8, 4) is 51.7 Å². The van der Waals surface area contributed by atoms with Crippen LogP contribution in [0.2, 0.25) is 0 Å². The van der Waals surface area contributed by atoms with Gasteiger partial charge in [0.15, 0.2) is 27.7 Å². The molecule has 21 rings (SSSR count). The van der Waals surface area contributed by atoms with E-state index in [9.17, 15) is 77.0 Å². The van der Waals surface area contributed by atoms with Crippen molar-refractivity contribution >= 4 is 89.2 Å². The van der Waals surface area contributed by atoms with Gasteiger partial charge in [-0.05, 0) is 249 Å². The van der Waals surface area contributed by atoms with E-state index < -0.39 is 87.4 Å². The molecule has 146 heavy (non-hydrogen) atoms. The molecular formula is C107H107N15O24.